The molecule has 1 fully saturated rings. The minimum atomic E-state index is -0.200. The molecule has 98 valence electrons. The molecule has 1 atom stereocenters. The Kier molecular flexibility index (Phi) is 3.87. The van der Waals surface area contributed by atoms with E-state index in [0.29, 0.717) is 31.8 Å². The van der Waals surface area contributed by atoms with Crippen molar-refractivity contribution >= 4 is 5.97 Å². The summed E-state index contributed by atoms with van der Waals surface area (Å²) in [5.41, 5.74) is 2.72. The largest absolute Gasteiger partial charge is 0.507 e. The molecule has 1 heterocycles. The molecule has 0 spiro atoms. The minimum absolute atomic E-state index is 0.118. The van der Waals surface area contributed by atoms with Crippen molar-refractivity contribution in [2.45, 2.75) is 32.8 Å². The Morgan fingerprint density at radius 1 is 1.44 bits per heavy atom. The lowest BCUT2D eigenvalue weighted by molar-refractivity contribution is -0.144. The third-order valence-electron chi connectivity index (χ3n) is 3.00. The molecule has 1 aliphatic heterocycles. The van der Waals surface area contributed by atoms with E-state index in [4.69, 9.17) is 9.47 Å². The highest BCUT2D eigenvalue weighted by molar-refractivity contribution is 5.69. The second kappa shape index (κ2) is 5.40. The van der Waals surface area contributed by atoms with Crippen molar-refractivity contribution in [3.8, 4) is 5.75 Å². The molecule has 0 saturated carbocycles. The van der Waals surface area contributed by atoms with Gasteiger partial charge in [-0.15, -0.1) is 0 Å². The molecule has 4 heteroatoms. The molecular weight excluding hydrogens is 232 g/mol. The van der Waals surface area contributed by atoms with Crippen molar-refractivity contribution < 1.29 is 19.4 Å². The van der Waals surface area contributed by atoms with Crippen LogP contribution in [0.25, 0.3) is 0 Å². The predicted octanol–water partition coefficient (Wildman–Crippen LogP) is 1.88. The van der Waals surface area contributed by atoms with E-state index in [2.05, 4.69) is 0 Å². The van der Waals surface area contributed by atoms with Crippen LogP contribution in [-0.4, -0.2) is 30.4 Å². The van der Waals surface area contributed by atoms with Crippen molar-refractivity contribution in [2.24, 2.45) is 0 Å². The highest BCUT2D eigenvalue weighted by Gasteiger charge is 2.24. The molecule has 1 unspecified atom stereocenters. The molecule has 1 aromatic carbocycles. The number of rotatable bonds is 5. The summed E-state index contributed by atoms with van der Waals surface area (Å²) in [4.78, 5) is 11.5. The average Bonchev–Trinajstić information content (AvgIpc) is 3.14. The first kappa shape index (κ1) is 12.9. The summed E-state index contributed by atoms with van der Waals surface area (Å²) >= 11 is 0. The van der Waals surface area contributed by atoms with E-state index < -0.39 is 0 Å². The van der Waals surface area contributed by atoms with Crippen LogP contribution < -0.4 is 0 Å². The normalized spacial score (nSPS) is 17.6. The summed E-state index contributed by atoms with van der Waals surface area (Å²) in [6.45, 7) is 4.78. The van der Waals surface area contributed by atoms with Crippen LogP contribution in [0, 0.1) is 13.8 Å². The molecular formula is C14H18O4. The van der Waals surface area contributed by atoms with Gasteiger partial charge in [-0.3, -0.25) is 4.79 Å². The lowest BCUT2D eigenvalue weighted by atomic mass is 10.0. The minimum Gasteiger partial charge on any atom is -0.507 e. The van der Waals surface area contributed by atoms with Gasteiger partial charge in [-0.2, -0.15) is 0 Å². The molecule has 2 rings (SSSR count). The first-order valence-corrected chi connectivity index (χ1v) is 6.12. The molecule has 1 saturated heterocycles. The maximum absolute atomic E-state index is 11.5. The summed E-state index contributed by atoms with van der Waals surface area (Å²) in [5, 5.41) is 9.65. The van der Waals surface area contributed by atoms with Crippen molar-refractivity contribution in [3.63, 3.8) is 0 Å². The number of carbonyl (C=O) groups excluding carboxylic acids is 1. The van der Waals surface area contributed by atoms with Gasteiger partial charge in [0.15, 0.2) is 0 Å². The predicted molar refractivity (Wildman–Crippen MR) is 66.6 cm³/mol. The van der Waals surface area contributed by atoms with Gasteiger partial charge in [0.2, 0.25) is 0 Å². The maximum atomic E-state index is 11.5. The van der Waals surface area contributed by atoms with Crippen molar-refractivity contribution in [3.05, 3.63) is 28.8 Å². The number of phenols is 1. The molecule has 0 radical (unpaired) electrons. The van der Waals surface area contributed by atoms with Gasteiger partial charge < -0.3 is 14.6 Å². The summed E-state index contributed by atoms with van der Waals surface area (Å²) in [6, 6.07) is 3.80. The number of carbonyl (C=O) groups is 1. The zero-order valence-corrected chi connectivity index (χ0v) is 10.7. The fourth-order valence-electron chi connectivity index (χ4n) is 1.86. The summed E-state index contributed by atoms with van der Waals surface area (Å²) in [7, 11) is 0. The molecule has 1 aromatic rings. The Hall–Kier alpha value is -1.55. The van der Waals surface area contributed by atoms with Gasteiger partial charge >= 0.3 is 5.97 Å². The van der Waals surface area contributed by atoms with E-state index in [9.17, 15) is 9.90 Å². The van der Waals surface area contributed by atoms with Crippen LogP contribution in [0.3, 0.4) is 0 Å². The number of esters is 1. The van der Waals surface area contributed by atoms with Crippen LogP contribution in [-0.2, 0) is 20.7 Å². The molecule has 1 aliphatic rings. The summed E-state index contributed by atoms with van der Waals surface area (Å²) in [6.07, 6.45) is 1.11. The monoisotopic (exact) mass is 250 g/mol. The maximum Gasteiger partial charge on any atom is 0.306 e. The second-order valence-corrected chi connectivity index (χ2v) is 4.72. The molecule has 0 aromatic heterocycles. The number of benzene rings is 1. The smallest absolute Gasteiger partial charge is 0.306 e. The Morgan fingerprint density at radius 2 is 2.06 bits per heavy atom. The average molecular weight is 250 g/mol. The number of phenolic OH excluding ortho intramolecular Hbond substituents is 1. The standard InChI is InChI=1S/C14H18O4/c1-9-5-11(6-10(2)14(9)16)3-4-13(15)18-8-12-7-17-12/h5-6,12,16H,3-4,7-8H2,1-2H3. The van der Waals surface area contributed by atoms with Gasteiger partial charge in [-0.1, -0.05) is 12.1 Å². The number of aryl methyl sites for hydroxylation is 3. The molecule has 0 aliphatic carbocycles. The fraction of sp³-hybridized carbons (Fsp3) is 0.500. The number of hydrogen-bond acceptors (Lipinski definition) is 4. The number of hydrogen-bond donors (Lipinski definition) is 1. The van der Waals surface area contributed by atoms with Crippen molar-refractivity contribution in [1.82, 2.24) is 0 Å². The van der Waals surface area contributed by atoms with Crippen LogP contribution in [0.15, 0.2) is 12.1 Å². The zero-order chi connectivity index (χ0) is 13.1. The van der Waals surface area contributed by atoms with Crippen LogP contribution in [0.5, 0.6) is 5.75 Å². The highest BCUT2D eigenvalue weighted by Crippen LogP contribution is 2.23. The van der Waals surface area contributed by atoms with Crippen LogP contribution in [0.1, 0.15) is 23.1 Å². The van der Waals surface area contributed by atoms with Crippen molar-refractivity contribution in [2.75, 3.05) is 13.2 Å². The first-order chi connectivity index (χ1) is 8.56. The van der Waals surface area contributed by atoms with Crippen LogP contribution in [0.2, 0.25) is 0 Å². The number of aromatic hydroxyl groups is 1. The first-order valence-electron chi connectivity index (χ1n) is 6.12. The lowest BCUT2D eigenvalue weighted by Gasteiger charge is -2.08. The zero-order valence-electron chi connectivity index (χ0n) is 10.7. The topological polar surface area (TPSA) is 59.1 Å². The van der Waals surface area contributed by atoms with E-state index >= 15 is 0 Å². The number of epoxide rings is 1. The van der Waals surface area contributed by atoms with Gasteiger partial charge in [0.25, 0.3) is 0 Å². The molecule has 4 nitrogen and oxygen atoms in total. The molecule has 0 amide bonds. The van der Waals surface area contributed by atoms with Gasteiger partial charge in [0, 0.05) is 6.42 Å². The van der Waals surface area contributed by atoms with Crippen LogP contribution in [0.4, 0.5) is 0 Å². The highest BCUT2D eigenvalue weighted by atomic mass is 16.6. The van der Waals surface area contributed by atoms with Crippen LogP contribution >= 0.6 is 0 Å². The third kappa shape index (κ3) is 3.47. The van der Waals surface area contributed by atoms with E-state index in [0.717, 1.165) is 16.7 Å². The number of ether oxygens (including phenoxy) is 2. The van der Waals surface area contributed by atoms with E-state index in [1.54, 1.807) is 0 Å². The van der Waals surface area contributed by atoms with Gasteiger partial charge in [0.1, 0.15) is 18.5 Å². The molecule has 0 bridgehead atoms. The van der Waals surface area contributed by atoms with E-state index in [1.807, 2.05) is 26.0 Å². The Bertz CT molecular complexity index is 426. The Labute approximate surface area is 107 Å². The molecule has 1 N–H and O–H groups in total. The quantitative estimate of drug-likeness (QED) is 0.640. The summed E-state index contributed by atoms with van der Waals surface area (Å²) in [5.74, 6) is 0.126. The Morgan fingerprint density at radius 3 is 2.61 bits per heavy atom. The van der Waals surface area contributed by atoms with Crippen molar-refractivity contribution in [1.29, 1.82) is 0 Å². The SMILES string of the molecule is Cc1cc(CCC(=O)OCC2CO2)cc(C)c1O. The van der Waals surface area contributed by atoms with Gasteiger partial charge in [0.05, 0.1) is 6.61 Å². The fourth-order valence-corrected chi connectivity index (χ4v) is 1.86. The third-order valence-corrected chi connectivity index (χ3v) is 3.00. The second-order valence-electron chi connectivity index (χ2n) is 4.72. The van der Waals surface area contributed by atoms with Gasteiger partial charge in [-0.05, 0) is 37.0 Å². The summed E-state index contributed by atoms with van der Waals surface area (Å²) < 4.78 is 10.0. The van der Waals surface area contributed by atoms with E-state index in [-0.39, 0.29) is 12.1 Å². The van der Waals surface area contributed by atoms with Gasteiger partial charge in [-0.25, -0.2) is 0 Å². The Balaban J connectivity index is 1.83. The van der Waals surface area contributed by atoms with E-state index in [1.165, 1.54) is 0 Å². The lowest BCUT2D eigenvalue weighted by Crippen LogP contribution is -2.10. The molecule has 18 heavy (non-hydrogen) atoms.